The van der Waals surface area contributed by atoms with Crippen molar-refractivity contribution in [3.05, 3.63) is 34.4 Å². The number of nitro groups is 1. The minimum absolute atomic E-state index is 0.283. The molecular formula is C14H18N2O6S. The molecule has 0 spiro atoms. The number of sulfonamides is 1. The lowest BCUT2D eigenvalue weighted by atomic mass is 10.0. The van der Waals surface area contributed by atoms with Crippen molar-refractivity contribution in [3.8, 4) is 0 Å². The summed E-state index contributed by atoms with van der Waals surface area (Å²) in [5, 5.41) is 11.2. The van der Waals surface area contributed by atoms with Crippen LogP contribution in [0.5, 0.6) is 0 Å². The van der Waals surface area contributed by atoms with Crippen molar-refractivity contribution in [3.63, 3.8) is 0 Å². The van der Waals surface area contributed by atoms with Gasteiger partial charge in [-0.15, -0.1) is 0 Å². The van der Waals surface area contributed by atoms with E-state index in [1.165, 1.54) is 28.6 Å². The van der Waals surface area contributed by atoms with Gasteiger partial charge >= 0.3 is 0 Å². The topological polar surface area (TPSA) is 99.0 Å². The molecule has 8 nitrogen and oxygen atoms in total. The molecule has 23 heavy (non-hydrogen) atoms. The van der Waals surface area contributed by atoms with Crippen molar-refractivity contribution in [2.45, 2.75) is 36.5 Å². The highest BCUT2D eigenvalue weighted by atomic mass is 32.2. The summed E-state index contributed by atoms with van der Waals surface area (Å²) in [6.45, 7) is 1.17. The van der Waals surface area contributed by atoms with Crippen LogP contribution in [0.25, 0.3) is 0 Å². The maximum atomic E-state index is 13.0. The minimum Gasteiger partial charge on any atom is -0.349 e. The van der Waals surface area contributed by atoms with Crippen LogP contribution in [0.1, 0.15) is 19.3 Å². The third-order valence-electron chi connectivity index (χ3n) is 4.11. The van der Waals surface area contributed by atoms with Gasteiger partial charge in [-0.25, -0.2) is 8.42 Å². The van der Waals surface area contributed by atoms with E-state index in [4.69, 9.17) is 9.47 Å². The number of ether oxygens (including phenoxy) is 2. The first-order valence-corrected chi connectivity index (χ1v) is 8.94. The molecule has 2 aliphatic heterocycles. The van der Waals surface area contributed by atoms with Crippen LogP contribution in [0, 0.1) is 10.1 Å². The Balaban J connectivity index is 1.98. The van der Waals surface area contributed by atoms with Gasteiger partial charge < -0.3 is 9.47 Å². The van der Waals surface area contributed by atoms with Crippen LogP contribution in [-0.4, -0.2) is 49.7 Å². The zero-order valence-electron chi connectivity index (χ0n) is 12.5. The molecule has 0 N–H and O–H groups in total. The van der Waals surface area contributed by atoms with Gasteiger partial charge in [0.05, 0.1) is 24.2 Å². The molecule has 1 aromatic carbocycles. The number of hydrogen-bond acceptors (Lipinski definition) is 6. The Hall–Kier alpha value is -1.55. The molecule has 0 amide bonds. The average molecular weight is 342 g/mol. The smallest absolute Gasteiger partial charge is 0.289 e. The van der Waals surface area contributed by atoms with Crippen LogP contribution in [0.2, 0.25) is 0 Å². The monoisotopic (exact) mass is 342 g/mol. The van der Waals surface area contributed by atoms with E-state index in [-0.39, 0.29) is 4.90 Å². The number of rotatable bonds is 4. The van der Waals surface area contributed by atoms with Crippen LogP contribution >= 0.6 is 0 Å². The summed E-state index contributed by atoms with van der Waals surface area (Å²) < 4.78 is 38.2. The normalized spacial score (nSPS) is 23.9. The summed E-state index contributed by atoms with van der Waals surface area (Å²) >= 11 is 0. The van der Waals surface area contributed by atoms with Gasteiger partial charge in [-0.05, 0) is 18.9 Å². The van der Waals surface area contributed by atoms with Crippen LogP contribution in [0.15, 0.2) is 29.2 Å². The SMILES string of the molecule is O=[N+]([O-])c1ccccc1S(=O)(=O)N1CCCCC1C1OCCO1. The maximum absolute atomic E-state index is 13.0. The van der Waals surface area contributed by atoms with Gasteiger partial charge in [-0.2, -0.15) is 4.31 Å². The van der Waals surface area contributed by atoms with E-state index in [0.717, 1.165) is 6.42 Å². The van der Waals surface area contributed by atoms with Gasteiger partial charge in [0.25, 0.3) is 5.69 Å². The molecule has 0 aliphatic carbocycles. The fourth-order valence-electron chi connectivity index (χ4n) is 3.05. The Morgan fingerprint density at radius 1 is 1.17 bits per heavy atom. The number of piperidine rings is 1. The Labute approximate surface area is 134 Å². The molecule has 126 valence electrons. The van der Waals surface area contributed by atoms with Gasteiger partial charge in [0.1, 0.15) is 0 Å². The molecule has 2 saturated heterocycles. The highest BCUT2D eigenvalue weighted by molar-refractivity contribution is 7.89. The zero-order valence-corrected chi connectivity index (χ0v) is 13.3. The van der Waals surface area contributed by atoms with Crippen LogP contribution in [-0.2, 0) is 19.5 Å². The molecule has 2 heterocycles. The quantitative estimate of drug-likeness (QED) is 0.607. The molecule has 3 rings (SSSR count). The Kier molecular flexibility index (Phi) is 4.62. The highest BCUT2D eigenvalue weighted by Crippen LogP contribution is 2.33. The minimum atomic E-state index is -3.99. The highest BCUT2D eigenvalue weighted by Gasteiger charge is 2.42. The number of nitro benzene ring substituents is 1. The third-order valence-corrected chi connectivity index (χ3v) is 6.08. The van der Waals surface area contributed by atoms with Crippen LogP contribution < -0.4 is 0 Å². The van der Waals surface area contributed by atoms with Gasteiger partial charge in [-0.3, -0.25) is 10.1 Å². The lowest BCUT2D eigenvalue weighted by Gasteiger charge is -2.36. The van der Waals surface area contributed by atoms with Crippen molar-refractivity contribution in [2.75, 3.05) is 19.8 Å². The Bertz CT molecular complexity index is 686. The van der Waals surface area contributed by atoms with Crippen molar-refractivity contribution < 1.29 is 22.8 Å². The van der Waals surface area contributed by atoms with Crippen molar-refractivity contribution in [1.82, 2.24) is 4.31 Å². The van der Waals surface area contributed by atoms with E-state index in [9.17, 15) is 18.5 Å². The predicted octanol–water partition coefficient (Wildman–Crippen LogP) is 1.51. The molecule has 0 aromatic heterocycles. The largest absolute Gasteiger partial charge is 0.349 e. The summed E-state index contributed by atoms with van der Waals surface area (Å²) in [4.78, 5) is 10.2. The molecule has 1 unspecified atom stereocenters. The van der Waals surface area contributed by atoms with Crippen LogP contribution in [0.4, 0.5) is 5.69 Å². The van der Waals surface area contributed by atoms with Crippen molar-refractivity contribution >= 4 is 15.7 Å². The standard InChI is InChI=1S/C14H18N2O6S/c17-16(18)11-5-1-2-7-13(11)23(19,20)15-8-4-3-6-12(15)14-21-9-10-22-14/h1-2,5,7,12,14H,3-4,6,8-10H2. The summed E-state index contributed by atoms with van der Waals surface area (Å²) in [6, 6.07) is 4.97. The second kappa shape index (κ2) is 6.52. The maximum Gasteiger partial charge on any atom is 0.289 e. The average Bonchev–Trinajstić information content (AvgIpc) is 3.09. The summed E-state index contributed by atoms with van der Waals surface area (Å²) in [5.74, 6) is 0. The van der Waals surface area contributed by atoms with Crippen LogP contribution in [0.3, 0.4) is 0 Å². The summed E-state index contributed by atoms with van der Waals surface area (Å²) in [7, 11) is -3.99. The number of para-hydroxylation sites is 1. The molecule has 2 aliphatic rings. The Morgan fingerprint density at radius 3 is 2.57 bits per heavy atom. The summed E-state index contributed by atoms with van der Waals surface area (Å²) in [5.41, 5.74) is -0.412. The Morgan fingerprint density at radius 2 is 1.87 bits per heavy atom. The first-order valence-electron chi connectivity index (χ1n) is 7.50. The molecule has 2 fully saturated rings. The van der Waals surface area contributed by atoms with Gasteiger partial charge in [-0.1, -0.05) is 18.6 Å². The lowest BCUT2D eigenvalue weighted by Crippen LogP contribution is -2.50. The molecular weight excluding hydrogens is 324 g/mol. The van der Waals surface area contributed by atoms with E-state index >= 15 is 0 Å². The van der Waals surface area contributed by atoms with Crippen molar-refractivity contribution in [1.29, 1.82) is 0 Å². The van der Waals surface area contributed by atoms with E-state index in [1.54, 1.807) is 0 Å². The van der Waals surface area contributed by atoms with E-state index in [0.29, 0.717) is 32.6 Å². The van der Waals surface area contributed by atoms with Gasteiger partial charge in [0.15, 0.2) is 11.2 Å². The van der Waals surface area contributed by atoms with Gasteiger partial charge in [0.2, 0.25) is 10.0 Å². The molecule has 0 saturated carbocycles. The van der Waals surface area contributed by atoms with E-state index in [2.05, 4.69) is 0 Å². The van der Waals surface area contributed by atoms with Gasteiger partial charge in [0, 0.05) is 12.6 Å². The number of benzene rings is 1. The lowest BCUT2D eigenvalue weighted by molar-refractivity contribution is -0.387. The fraction of sp³-hybridized carbons (Fsp3) is 0.571. The van der Waals surface area contributed by atoms with E-state index in [1.807, 2.05) is 0 Å². The van der Waals surface area contributed by atoms with Crippen molar-refractivity contribution in [2.24, 2.45) is 0 Å². The molecule has 9 heteroatoms. The molecule has 1 aromatic rings. The third kappa shape index (κ3) is 3.09. The van der Waals surface area contributed by atoms with E-state index < -0.39 is 33.0 Å². The number of hydrogen-bond donors (Lipinski definition) is 0. The first kappa shape index (κ1) is 16.3. The molecule has 0 bridgehead atoms. The fourth-order valence-corrected chi connectivity index (χ4v) is 4.89. The second-order valence-electron chi connectivity index (χ2n) is 5.51. The zero-order chi connectivity index (χ0) is 16.4. The summed E-state index contributed by atoms with van der Waals surface area (Å²) in [6.07, 6.45) is 1.59. The first-order chi connectivity index (χ1) is 11.0. The number of nitrogens with zero attached hydrogens (tertiary/aromatic N) is 2. The molecule has 0 radical (unpaired) electrons. The second-order valence-corrected chi connectivity index (χ2v) is 7.37. The molecule has 1 atom stereocenters. The predicted molar refractivity (Wildman–Crippen MR) is 80.3 cm³/mol.